The predicted molar refractivity (Wildman–Crippen MR) is 110 cm³/mol. The molecule has 0 aliphatic carbocycles. The number of anilines is 2. The van der Waals surface area contributed by atoms with Crippen LogP contribution in [-0.2, 0) is 17.0 Å². The summed E-state index contributed by atoms with van der Waals surface area (Å²) in [5, 5.41) is 9.38. The molecule has 1 aromatic carbocycles. The van der Waals surface area contributed by atoms with Crippen LogP contribution in [0.4, 0.5) is 33.5 Å². The van der Waals surface area contributed by atoms with E-state index in [9.17, 15) is 31.0 Å². The zero-order chi connectivity index (χ0) is 23.7. The number of carbonyl (C=O) groups is 1. The fourth-order valence-electron chi connectivity index (χ4n) is 3.49. The molecule has 1 aromatic heterocycles. The van der Waals surface area contributed by atoms with Crippen molar-refractivity contribution in [3.05, 3.63) is 41.1 Å². The van der Waals surface area contributed by atoms with Crippen molar-refractivity contribution in [3.63, 3.8) is 0 Å². The van der Waals surface area contributed by atoms with E-state index in [0.29, 0.717) is 4.90 Å². The van der Waals surface area contributed by atoms with Crippen molar-refractivity contribution in [2.24, 2.45) is 0 Å². The van der Waals surface area contributed by atoms with Crippen molar-refractivity contribution in [1.82, 2.24) is 10.2 Å². The Bertz CT molecular complexity index is 1050. The third kappa shape index (κ3) is 5.40. The molecule has 1 fully saturated rings. The van der Waals surface area contributed by atoms with Crippen molar-refractivity contribution < 1.29 is 31.0 Å². The van der Waals surface area contributed by atoms with E-state index < -0.39 is 46.5 Å². The lowest BCUT2D eigenvalue weighted by molar-refractivity contribution is -0.142. The summed E-state index contributed by atoms with van der Waals surface area (Å²) in [6, 6.07) is 6.06. The summed E-state index contributed by atoms with van der Waals surface area (Å²) in [6.45, 7) is 1.01. The minimum Gasteiger partial charge on any atom is -0.354 e. The van der Waals surface area contributed by atoms with Crippen LogP contribution in [0.1, 0.15) is 40.9 Å². The number of hydrogen-bond donors (Lipinski definition) is 1. The number of nitrogens with zero attached hydrogens (tertiary/aromatic N) is 3. The third-order valence-corrected chi connectivity index (χ3v) is 6.05. The molecule has 1 aliphatic heterocycles. The summed E-state index contributed by atoms with van der Waals surface area (Å²) in [5.41, 5.74) is -1.94. The molecule has 0 unspecified atom stereocenters. The molecular formula is C20H21F5N4O2S. The predicted octanol–water partition coefficient (Wildman–Crippen LogP) is 4.42. The maximum atomic E-state index is 13.8. The molecule has 2 heterocycles. The van der Waals surface area contributed by atoms with Crippen molar-refractivity contribution in [1.29, 1.82) is 0 Å². The zero-order valence-electron chi connectivity index (χ0n) is 17.3. The first kappa shape index (κ1) is 24.0. The number of benzene rings is 1. The fourth-order valence-corrected chi connectivity index (χ4v) is 4.06. The summed E-state index contributed by atoms with van der Waals surface area (Å²) in [5.74, 6) is -3.98. The van der Waals surface area contributed by atoms with Crippen molar-refractivity contribution in [3.8, 4) is 0 Å². The highest BCUT2D eigenvalue weighted by atomic mass is 32.2. The monoisotopic (exact) mass is 476 g/mol. The van der Waals surface area contributed by atoms with Gasteiger partial charge in [-0.2, -0.15) is 13.2 Å². The van der Waals surface area contributed by atoms with Crippen LogP contribution in [0.25, 0.3) is 0 Å². The molecule has 2 aromatic rings. The van der Waals surface area contributed by atoms with Gasteiger partial charge in [-0.1, -0.05) is 6.07 Å². The highest BCUT2D eigenvalue weighted by Gasteiger charge is 2.39. The Kier molecular flexibility index (Phi) is 6.82. The van der Waals surface area contributed by atoms with Crippen LogP contribution in [0.2, 0.25) is 0 Å². The minimum absolute atomic E-state index is 0.0835. The first-order valence-corrected chi connectivity index (χ1v) is 11.3. The number of halogens is 5. The first-order valence-electron chi connectivity index (χ1n) is 9.71. The number of carbonyl (C=O) groups excluding carboxylic acids is 1. The second kappa shape index (κ2) is 9.08. The summed E-state index contributed by atoms with van der Waals surface area (Å²) < 4.78 is 79.5. The third-order valence-electron chi connectivity index (χ3n) is 5.14. The number of hydrogen-bond acceptors (Lipinski definition) is 5. The minimum atomic E-state index is -4.85. The van der Waals surface area contributed by atoms with Crippen LogP contribution in [0.5, 0.6) is 0 Å². The van der Waals surface area contributed by atoms with Crippen LogP contribution < -0.4 is 10.2 Å². The molecule has 0 spiro atoms. The molecule has 1 atom stereocenters. The number of rotatable bonds is 4. The molecule has 3 rings (SSSR count). The molecular weight excluding hydrogens is 455 g/mol. The van der Waals surface area contributed by atoms with Gasteiger partial charge >= 0.3 is 6.18 Å². The Morgan fingerprint density at radius 1 is 1.19 bits per heavy atom. The van der Waals surface area contributed by atoms with Crippen LogP contribution in [-0.4, -0.2) is 45.6 Å². The van der Waals surface area contributed by atoms with Gasteiger partial charge in [-0.05, 0) is 37.1 Å². The van der Waals surface area contributed by atoms with Gasteiger partial charge in [0.25, 0.3) is 5.91 Å². The Balaban J connectivity index is 2.04. The van der Waals surface area contributed by atoms with Gasteiger partial charge in [0.2, 0.25) is 5.92 Å². The molecule has 6 nitrogen and oxygen atoms in total. The van der Waals surface area contributed by atoms with Crippen LogP contribution in [0.15, 0.2) is 29.2 Å². The van der Waals surface area contributed by atoms with Gasteiger partial charge in [-0.25, -0.2) is 8.78 Å². The molecule has 1 N–H and O–H groups in total. The maximum absolute atomic E-state index is 13.8. The normalized spacial score (nSPS) is 17.5. The fraction of sp³-hybridized carbons (Fsp3) is 0.450. The molecule has 1 aliphatic rings. The second-order valence-corrected chi connectivity index (χ2v) is 8.88. The van der Waals surface area contributed by atoms with Gasteiger partial charge in [0.1, 0.15) is 0 Å². The zero-order valence-corrected chi connectivity index (χ0v) is 18.1. The van der Waals surface area contributed by atoms with Crippen LogP contribution >= 0.6 is 0 Å². The molecule has 1 amide bonds. The van der Waals surface area contributed by atoms with Gasteiger partial charge in [0.05, 0.1) is 5.56 Å². The largest absolute Gasteiger partial charge is 0.435 e. The van der Waals surface area contributed by atoms with Gasteiger partial charge in [0.15, 0.2) is 11.5 Å². The van der Waals surface area contributed by atoms with Crippen molar-refractivity contribution >= 4 is 28.2 Å². The van der Waals surface area contributed by atoms with E-state index in [0.717, 1.165) is 6.92 Å². The number of amides is 1. The SMILES string of the molecule is Cc1c(C(F)(F)F)nnc(N2CCCC(F)(F)CC2)c1C(=O)Nc1cccc([S@](C)=O)c1. The Morgan fingerprint density at radius 2 is 1.91 bits per heavy atom. The number of aromatic nitrogens is 2. The first-order chi connectivity index (χ1) is 14.9. The van der Waals surface area contributed by atoms with E-state index in [2.05, 4.69) is 15.5 Å². The van der Waals surface area contributed by atoms with E-state index in [4.69, 9.17) is 0 Å². The average Bonchev–Trinajstić information content (AvgIpc) is 2.87. The lowest BCUT2D eigenvalue weighted by Gasteiger charge is -2.25. The molecule has 32 heavy (non-hydrogen) atoms. The molecule has 12 heteroatoms. The standard InChI is InChI=1S/C20H21F5N4O2S/c1-12-15(18(30)26-13-5-3-6-14(11-13)32(2)31)17(28-27-16(12)20(23,24)25)29-9-4-7-19(21,22)8-10-29/h3,5-6,11H,4,7-10H2,1-2H3,(H,26,30)/t32-/m0/s1. The Labute approximate surface area is 183 Å². The van der Waals surface area contributed by atoms with E-state index in [1.54, 1.807) is 12.1 Å². The summed E-state index contributed by atoms with van der Waals surface area (Å²) in [6.07, 6.45) is -4.20. The lowest BCUT2D eigenvalue weighted by Crippen LogP contribution is -2.31. The topological polar surface area (TPSA) is 75.2 Å². The van der Waals surface area contributed by atoms with Crippen molar-refractivity contribution in [2.75, 3.05) is 29.6 Å². The van der Waals surface area contributed by atoms with Gasteiger partial charge in [-0.3, -0.25) is 9.00 Å². The lowest BCUT2D eigenvalue weighted by atomic mass is 10.1. The van der Waals surface area contributed by atoms with Gasteiger partial charge < -0.3 is 10.2 Å². The second-order valence-electron chi connectivity index (χ2n) is 7.50. The van der Waals surface area contributed by atoms with Crippen molar-refractivity contribution in [2.45, 2.75) is 43.2 Å². The maximum Gasteiger partial charge on any atom is 0.435 e. The number of nitrogens with one attached hydrogen (secondary N) is 1. The van der Waals surface area contributed by atoms with Gasteiger partial charge in [0, 0.05) is 53.6 Å². The van der Waals surface area contributed by atoms with E-state index in [1.165, 1.54) is 23.3 Å². The molecule has 1 saturated heterocycles. The Hall–Kier alpha value is -2.63. The van der Waals surface area contributed by atoms with Gasteiger partial charge in [-0.15, -0.1) is 10.2 Å². The summed E-state index contributed by atoms with van der Waals surface area (Å²) in [4.78, 5) is 14.9. The molecule has 0 saturated carbocycles. The molecule has 174 valence electrons. The Morgan fingerprint density at radius 3 is 2.56 bits per heavy atom. The smallest absolute Gasteiger partial charge is 0.354 e. The quantitative estimate of drug-likeness (QED) is 0.662. The summed E-state index contributed by atoms with van der Waals surface area (Å²) in [7, 11) is -1.34. The summed E-state index contributed by atoms with van der Waals surface area (Å²) >= 11 is 0. The van der Waals surface area contributed by atoms with E-state index in [-0.39, 0.29) is 43.0 Å². The average molecular weight is 476 g/mol. The van der Waals surface area contributed by atoms with E-state index in [1.807, 2.05) is 0 Å². The molecule has 0 radical (unpaired) electrons. The highest BCUT2D eigenvalue weighted by Crippen LogP contribution is 2.36. The number of alkyl halides is 5. The van der Waals surface area contributed by atoms with Crippen LogP contribution in [0, 0.1) is 6.92 Å². The highest BCUT2D eigenvalue weighted by molar-refractivity contribution is 7.84. The van der Waals surface area contributed by atoms with E-state index >= 15 is 0 Å². The molecule has 0 bridgehead atoms. The van der Waals surface area contributed by atoms with Crippen LogP contribution in [0.3, 0.4) is 0 Å².